The Morgan fingerprint density at radius 2 is 1.47 bits per heavy atom. The van der Waals surface area contributed by atoms with Crippen molar-refractivity contribution in [3.05, 3.63) is 0 Å². The molecule has 0 radical (unpaired) electrons. The Kier molecular flexibility index (Phi) is 4.89. The average Bonchev–Trinajstić information content (AvgIpc) is 3.13. The lowest BCUT2D eigenvalue weighted by atomic mass is 9.32. The summed E-state index contributed by atoms with van der Waals surface area (Å²) in [7, 11) is 1.96. The molecule has 1 heteroatoms. The molecule has 0 bridgehead atoms. The summed E-state index contributed by atoms with van der Waals surface area (Å²) in [6.45, 7) is 15.9. The maximum Gasteiger partial charge on any atom is 0.0625 e. The van der Waals surface area contributed by atoms with Gasteiger partial charge in [0.25, 0.3) is 0 Å². The molecule has 1 nitrogen and oxygen atoms in total. The molecular formula is C29H50O. The number of fused-ring (bicyclic) bond motifs is 7. The molecule has 5 aliphatic carbocycles. The summed E-state index contributed by atoms with van der Waals surface area (Å²) in [5, 5.41) is 0. The smallest absolute Gasteiger partial charge is 0.0625 e. The fourth-order valence-electron chi connectivity index (χ4n) is 11.7. The Morgan fingerprint density at radius 3 is 2.17 bits per heavy atom. The molecule has 0 saturated heterocycles. The second-order valence-corrected chi connectivity index (χ2v) is 14.0. The molecular weight excluding hydrogens is 364 g/mol. The van der Waals surface area contributed by atoms with Crippen LogP contribution in [0.15, 0.2) is 0 Å². The fraction of sp³-hybridized carbons (Fsp3) is 1.00. The number of ether oxygens (including phenoxy) is 1. The van der Waals surface area contributed by atoms with E-state index < -0.39 is 0 Å². The molecule has 0 heterocycles. The van der Waals surface area contributed by atoms with Crippen LogP contribution in [0.5, 0.6) is 0 Å². The van der Waals surface area contributed by atoms with E-state index in [1.54, 1.807) is 0 Å². The fourth-order valence-corrected chi connectivity index (χ4v) is 11.7. The van der Waals surface area contributed by atoms with Crippen LogP contribution in [0.3, 0.4) is 0 Å². The van der Waals surface area contributed by atoms with Crippen LogP contribution in [0.2, 0.25) is 0 Å². The van der Waals surface area contributed by atoms with E-state index >= 15 is 0 Å². The number of hydrogen-bond acceptors (Lipinski definition) is 1. The van der Waals surface area contributed by atoms with Crippen LogP contribution in [-0.2, 0) is 4.74 Å². The summed E-state index contributed by atoms with van der Waals surface area (Å²) in [5.74, 6) is 3.77. The molecule has 0 aromatic rings. The van der Waals surface area contributed by atoms with Gasteiger partial charge < -0.3 is 4.74 Å². The molecule has 0 aromatic heterocycles. The zero-order chi connectivity index (χ0) is 21.6. The van der Waals surface area contributed by atoms with Crippen LogP contribution in [0.1, 0.15) is 119 Å². The third kappa shape index (κ3) is 2.46. The van der Waals surface area contributed by atoms with Crippen molar-refractivity contribution in [2.24, 2.45) is 50.7 Å². The average molecular weight is 415 g/mol. The highest BCUT2D eigenvalue weighted by Gasteiger charge is 2.69. The first-order chi connectivity index (χ1) is 14.1. The van der Waals surface area contributed by atoms with Gasteiger partial charge in [-0.3, -0.25) is 0 Å². The van der Waals surface area contributed by atoms with Gasteiger partial charge in [0.15, 0.2) is 0 Å². The predicted molar refractivity (Wildman–Crippen MR) is 126 cm³/mol. The summed E-state index contributed by atoms with van der Waals surface area (Å²) >= 11 is 0. The second kappa shape index (κ2) is 6.74. The van der Waals surface area contributed by atoms with E-state index in [0.29, 0.717) is 33.2 Å². The Labute approximate surface area is 187 Å². The molecule has 30 heavy (non-hydrogen) atoms. The van der Waals surface area contributed by atoms with Crippen LogP contribution >= 0.6 is 0 Å². The Balaban J connectivity index is 1.51. The molecule has 0 N–H and O–H groups in total. The van der Waals surface area contributed by atoms with Crippen molar-refractivity contribution >= 4 is 0 Å². The van der Waals surface area contributed by atoms with E-state index in [0.717, 1.165) is 23.7 Å². The molecule has 5 aliphatic rings. The van der Waals surface area contributed by atoms with Crippen molar-refractivity contribution in [1.82, 2.24) is 0 Å². The van der Waals surface area contributed by atoms with E-state index in [9.17, 15) is 0 Å². The van der Waals surface area contributed by atoms with Crippen molar-refractivity contribution < 1.29 is 4.74 Å². The molecule has 5 rings (SSSR count). The minimum Gasteiger partial charge on any atom is -0.381 e. The van der Waals surface area contributed by atoms with Crippen LogP contribution in [0.25, 0.3) is 0 Å². The minimum absolute atomic E-state index is 0.316. The van der Waals surface area contributed by atoms with Crippen molar-refractivity contribution in [2.45, 2.75) is 125 Å². The second-order valence-electron chi connectivity index (χ2n) is 14.0. The third-order valence-electron chi connectivity index (χ3n) is 13.5. The van der Waals surface area contributed by atoms with Gasteiger partial charge in [-0.1, -0.05) is 54.4 Å². The van der Waals surface area contributed by atoms with Gasteiger partial charge in [-0.05, 0) is 115 Å². The molecule has 0 aromatic carbocycles. The lowest BCUT2D eigenvalue weighted by Gasteiger charge is -2.73. The lowest BCUT2D eigenvalue weighted by Crippen LogP contribution is -2.66. The first kappa shape index (κ1) is 21.8. The van der Waals surface area contributed by atoms with Gasteiger partial charge in [-0.15, -0.1) is 0 Å². The third-order valence-corrected chi connectivity index (χ3v) is 13.5. The number of hydrogen-bond donors (Lipinski definition) is 0. The van der Waals surface area contributed by atoms with Crippen LogP contribution in [0, 0.1) is 50.7 Å². The summed E-state index contributed by atoms with van der Waals surface area (Å²) in [4.78, 5) is 0. The molecule has 0 aliphatic heterocycles. The topological polar surface area (TPSA) is 9.23 Å². The van der Waals surface area contributed by atoms with E-state index in [1.807, 2.05) is 7.11 Å². The van der Waals surface area contributed by atoms with Gasteiger partial charge in [0.2, 0.25) is 0 Å². The minimum atomic E-state index is 0.316. The first-order valence-electron chi connectivity index (χ1n) is 13.6. The SMILES string of the molecule is CCC12CCCC1C1CCC3[C@@]4(C)CCC(OC)C(C)(C)C4CC[C@@]3(C)[C@]1(C)CC2. The van der Waals surface area contributed by atoms with Gasteiger partial charge in [0.05, 0.1) is 6.10 Å². The Hall–Kier alpha value is -0.0400. The van der Waals surface area contributed by atoms with Crippen molar-refractivity contribution in [3.8, 4) is 0 Å². The summed E-state index contributed by atoms with van der Waals surface area (Å²) in [6.07, 6.45) is 18.1. The van der Waals surface area contributed by atoms with Crippen LogP contribution in [0.4, 0.5) is 0 Å². The highest BCUT2D eigenvalue weighted by molar-refractivity contribution is 5.18. The maximum absolute atomic E-state index is 6.04. The molecule has 9 atom stereocenters. The molecule has 0 spiro atoms. The molecule has 6 unspecified atom stereocenters. The zero-order valence-corrected chi connectivity index (χ0v) is 21.3. The number of methoxy groups -OCH3 is 1. The van der Waals surface area contributed by atoms with Crippen molar-refractivity contribution in [2.75, 3.05) is 7.11 Å². The monoisotopic (exact) mass is 414 g/mol. The van der Waals surface area contributed by atoms with E-state index in [-0.39, 0.29) is 0 Å². The summed E-state index contributed by atoms with van der Waals surface area (Å²) in [5.41, 5.74) is 2.65. The van der Waals surface area contributed by atoms with Gasteiger partial charge in [0, 0.05) is 7.11 Å². The normalized spacial score (nSPS) is 57.1. The van der Waals surface area contributed by atoms with Crippen molar-refractivity contribution in [3.63, 3.8) is 0 Å². The zero-order valence-electron chi connectivity index (χ0n) is 21.3. The standard InChI is InChI=1S/C29H50O/c1-8-29-15-9-10-21(29)20-11-12-23-26(4)16-14-24(30-7)25(2,3)22(26)13-17-28(23,6)27(20,5)18-19-29/h20-24H,8-19H2,1-7H3/t20?,21?,22?,23?,24?,26-,27+,28+,29?/m0/s1. The quantitative estimate of drug-likeness (QED) is 0.442. The van der Waals surface area contributed by atoms with Gasteiger partial charge >= 0.3 is 0 Å². The van der Waals surface area contributed by atoms with E-state index in [4.69, 9.17) is 4.74 Å². The molecule has 5 saturated carbocycles. The summed E-state index contributed by atoms with van der Waals surface area (Å²) < 4.78 is 6.04. The van der Waals surface area contributed by atoms with E-state index in [2.05, 4.69) is 41.5 Å². The van der Waals surface area contributed by atoms with E-state index in [1.165, 1.54) is 77.0 Å². The van der Waals surface area contributed by atoms with Crippen molar-refractivity contribution in [1.29, 1.82) is 0 Å². The first-order valence-corrected chi connectivity index (χ1v) is 13.6. The molecule has 0 amide bonds. The Morgan fingerprint density at radius 1 is 0.700 bits per heavy atom. The van der Waals surface area contributed by atoms with Crippen LogP contribution in [-0.4, -0.2) is 13.2 Å². The lowest BCUT2D eigenvalue weighted by molar-refractivity contribution is -0.247. The van der Waals surface area contributed by atoms with Gasteiger partial charge in [-0.25, -0.2) is 0 Å². The summed E-state index contributed by atoms with van der Waals surface area (Å²) in [6, 6.07) is 0. The maximum atomic E-state index is 6.04. The highest BCUT2D eigenvalue weighted by Crippen LogP contribution is 2.77. The highest BCUT2D eigenvalue weighted by atomic mass is 16.5. The van der Waals surface area contributed by atoms with Gasteiger partial charge in [-0.2, -0.15) is 0 Å². The predicted octanol–water partition coefficient (Wildman–Crippen LogP) is 8.27. The molecule has 172 valence electrons. The number of rotatable bonds is 2. The Bertz CT molecular complexity index is 682. The van der Waals surface area contributed by atoms with Gasteiger partial charge in [0.1, 0.15) is 0 Å². The largest absolute Gasteiger partial charge is 0.381 e. The molecule has 5 fully saturated rings. The van der Waals surface area contributed by atoms with Crippen LogP contribution < -0.4 is 0 Å².